The average Bonchev–Trinajstić information content (AvgIpc) is 3.12. The molecule has 1 aromatic heterocycles. The van der Waals surface area contributed by atoms with E-state index in [-0.39, 0.29) is 6.54 Å². The molecule has 1 heterocycles. The van der Waals surface area contributed by atoms with Crippen LogP contribution in [0.3, 0.4) is 0 Å². The van der Waals surface area contributed by atoms with Crippen LogP contribution in [0.1, 0.15) is 10.4 Å². The van der Waals surface area contributed by atoms with Gasteiger partial charge in [0.15, 0.2) is 4.80 Å². The second-order valence-electron chi connectivity index (χ2n) is 6.49. The number of hydrogen-bond acceptors (Lipinski definition) is 5. The number of benzene rings is 3. The number of fused-ring (bicyclic) bond motifs is 1. The normalized spacial score (nSPS) is 11.5. The number of carbonyl (C=O) groups excluding carboxylic acids is 2. The number of para-hydroxylation sites is 2. The minimum Gasteiger partial charge on any atom is -0.468 e. The van der Waals surface area contributed by atoms with Crippen LogP contribution in [-0.2, 0) is 16.1 Å². The predicted molar refractivity (Wildman–Crippen MR) is 120 cm³/mol. The van der Waals surface area contributed by atoms with Gasteiger partial charge in [-0.05, 0) is 42.5 Å². The number of hydrogen-bond donors (Lipinski definition) is 0. The summed E-state index contributed by atoms with van der Waals surface area (Å²) in [6, 6.07) is 21.5. The number of thiazole rings is 1. The molecule has 4 rings (SSSR count). The number of esters is 1. The summed E-state index contributed by atoms with van der Waals surface area (Å²) in [7, 11) is 1.30. The second kappa shape index (κ2) is 9.16. The van der Waals surface area contributed by atoms with E-state index in [1.807, 2.05) is 36.4 Å². The number of halogens is 1. The number of carbonyl (C=O) groups is 2. The zero-order chi connectivity index (χ0) is 21.8. The van der Waals surface area contributed by atoms with Gasteiger partial charge in [-0.3, -0.25) is 9.59 Å². The number of aromatic nitrogens is 1. The number of ether oxygens (including phenoxy) is 2. The lowest BCUT2D eigenvalue weighted by Crippen LogP contribution is -2.22. The Morgan fingerprint density at radius 1 is 1.00 bits per heavy atom. The first-order valence-electron chi connectivity index (χ1n) is 9.32. The maximum Gasteiger partial charge on any atom is 0.325 e. The Kier molecular flexibility index (Phi) is 6.16. The molecule has 0 unspecified atom stereocenters. The molecule has 0 aliphatic carbocycles. The van der Waals surface area contributed by atoms with Crippen LogP contribution < -0.4 is 9.54 Å². The van der Waals surface area contributed by atoms with Gasteiger partial charge in [0.1, 0.15) is 18.0 Å². The van der Waals surface area contributed by atoms with Crippen molar-refractivity contribution >= 4 is 45.0 Å². The van der Waals surface area contributed by atoms with Crippen LogP contribution in [0.4, 0.5) is 0 Å². The number of amides is 1. The number of rotatable bonds is 5. The summed E-state index contributed by atoms with van der Waals surface area (Å²) >= 11 is 7.62. The highest BCUT2D eigenvalue weighted by Crippen LogP contribution is 2.26. The Morgan fingerprint density at radius 3 is 2.52 bits per heavy atom. The summed E-state index contributed by atoms with van der Waals surface area (Å²) in [6.07, 6.45) is 0. The van der Waals surface area contributed by atoms with Gasteiger partial charge in [0.25, 0.3) is 5.91 Å². The van der Waals surface area contributed by atoms with Crippen molar-refractivity contribution in [3.8, 4) is 11.5 Å². The van der Waals surface area contributed by atoms with Crippen molar-refractivity contribution in [2.75, 3.05) is 7.11 Å². The van der Waals surface area contributed by atoms with Crippen LogP contribution >= 0.6 is 22.9 Å². The highest BCUT2D eigenvalue weighted by atomic mass is 35.5. The van der Waals surface area contributed by atoms with Crippen molar-refractivity contribution in [2.24, 2.45) is 4.99 Å². The summed E-state index contributed by atoms with van der Waals surface area (Å²) in [4.78, 5) is 29.5. The molecule has 0 radical (unpaired) electrons. The molecule has 0 N–H and O–H groups in total. The Labute approximate surface area is 187 Å². The molecule has 31 heavy (non-hydrogen) atoms. The molecule has 0 aliphatic rings. The first-order chi connectivity index (χ1) is 15.0. The number of methoxy groups -OCH3 is 1. The van der Waals surface area contributed by atoms with E-state index in [9.17, 15) is 9.59 Å². The van der Waals surface area contributed by atoms with Crippen molar-refractivity contribution in [1.82, 2.24) is 4.57 Å². The molecular weight excluding hydrogens is 436 g/mol. The van der Waals surface area contributed by atoms with E-state index in [1.165, 1.54) is 18.4 Å². The van der Waals surface area contributed by atoms with Gasteiger partial charge in [0.2, 0.25) is 0 Å². The molecule has 3 aromatic carbocycles. The van der Waals surface area contributed by atoms with Gasteiger partial charge in [-0.15, -0.1) is 0 Å². The lowest BCUT2D eigenvalue weighted by atomic mass is 10.2. The maximum atomic E-state index is 12.9. The van der Waals surface area contributed by atoms with Gasteiger partial charge in [-0.1, -0.05) is 53.3 Å². The molecular formula is C23H17ClN2O4S. The molecule has 4 aromatic rings. The molecule has 156 valence electrons. The third-order valence-corrected chi connectivity index (χ3v) is 5.77. The van der Waals surface area contributed by atoms with E-state index < -0.39 is 11.9 Å². The van der Waals surface area contributed by atoms with E-state index in [1.54, 1.807) is 41.0 Å². The van der Waals surface area contributed by atoms with E-state index in [2.05, 4.69) is 4.99 Å². The Hall–Kier alpha value is -3.42. The summed E-state index contributed by atoms with van der Waals surface area (Å²) in [5.74, 6) is 0.264. The van der Waals surface area contributed by atoms with E-state index in [4.69, 9.17) is 21.1 Å². The second-order valence-corrected chi connectivity index (χ2v) is 7.91. The molecule has 0 aliphatic heterocycles. The van der Waals surface area contributed by atoms with Gasteiger partial charge in [0, 0.05) is 5.56 Å². The van der Waals surface area contributed by atoms with Gasteiger partial charge in [0.05, 0.1) is 22.3 Å². The zero-order valence-corrected chi connectivity index (χ0v) is 18.0. The monoisotopic (exact) mass is 452 g/mol. The third-order valence-electron chi connectivity index (χ3n) is 4.42. The lowest BCUT2D eigenvalue weighted by Gasteiger charge is -2.06. The predicted octanol–water partition coefficient (Wildman–Crippen LogP) is 5.06. The minimum absolute atomic E-state index is 0.108. The molecule has 6 nitrogen and oxygen atoms in total. The highest BCUT2D eigenvalue weighted by molar-refractivity contribution is 7.16. The smallest absolute Gasteiger partial charge is 0.325 e. The summed E-state index contributed by atoms with van der Waals surface area (Å²) in [5, 5.41) is 0.463. The molecule has 8 heteroatoms. The van der Waals surface area contributed by atoms with Gasteiger partial charge < -0.3 is 14.0 Å². The van der Waals surface area contributed by atoms with Crippen LogP contribution in [-0.4, -0.2) is 23.6 Å². The van der Waals surface area contributed by atoms with Crippen molar-refractivity contribution in [3.63, 3.8) is 0 Å². The quantitative estimate of drug-likeness (QED) is 0.397. The van der Waals surface area contributed by atoms with Crippen molar-refractivity contribution in [2.45, 2.75) is 6.54 Å². The summed E-state index contributed by atoms with van der Waals surface area (Å²) < 4.78 is 13.0. The first-order valence-corrected chi connectivity index (χ1v) is 10.5. The average molecular weight is 453 g/mol. The molecule has 0 spiro atoms. The van der Waals surface area contributed by atoms with Crippen molar-refractivity contribution in [1.29, 1.82) is 0 Å². The molecule has 0 fully saturated rings. The third kappa shape index (κ3) is 4.68. The fourth-order valence-electron chi connectivity index (χ4n) is 2.98. The van der Waals surface area contributed by atoms with E-state index in [0.29, 0.717) is 32.4 Å². The largest absolute Gasteiger partial charge is 0.468 e. The molecule has 0 atom stereocenters. The lowest BCUT2D eigenvalue weighted by molar-refractivity contribution is -0.141. The summed E-state index contributed by atoms with van der Waals surface area (Å²) in [6.45, 7) is -0.108. The van der Waals surface area contributed by atoms with Crippen LogP contribution in [0.25, 0.3) is 10.2 Å². The van der Waals surface area contributed by atoms with Crippen LogP contribution in [0.15, 0.2) is 77.8 Å². The molecule has 0 saturated carbocycles. The molecule has 0 saturated heterocycles. The Bertz CT molecular complexity index is 1330. The summed E-state index contributed by atoms with van der Waals surface area (Å²) in [5.41, 5.74) is 0.994. The standard InChI is InChI=1S/C23H17ClN2O4S/c1-29-20(27)14-26-21-18(24)11-6-12-19(21)31-23(26)25-22(28)15-7-5-10-17(13-15)30-16-8-3-2-4-9-16/h2-13H,14H2,1H3. The van der Waals surface area contributed by atoms with Crippen LogP contribution in [0.2, 0.25) is 5.02 Å². The van der Waals surface area contributed by atoms with E-state index >= 15 is 0 Å². The Balaban J connectivity index is 1.72. The topological polar surface area (TPSA) is 69.9 Å². The first kappa shape index (κ1) is 20.8. The van der Waals surface area contributed by atoms with Crippen LogP contribution in [0, 0.1) is 0 Å². The van der Waals surface area contributed by atoms with Crippen molar-refractivity contribution < 1.29 is 19.1 Å². The molecule has 0 bridgehead atoms. The fourth-order valence-corrected chi connectivity index (χ4v) is 4.37. The highest BCUT2D eigenvalue weighted by Gasteiger charge is 2.15. The zero-order valence-electron chi connectivity index (χ0n) is 16.4. The van der Waals surface area contributed by atoms with E-state index in [0.717, 1.165) is 4.70 Å². The van der Waals surface area contributed by atoms with Gasteiger partial charge in [-0.25, -0.2) is 0 Å². The SMILES string of the molecule is COC(=O)Cn1c(=NC(=O)c2cccc(Oc3ccccc3)c2)sc2cccc(Cl)c21. The Morgan fingerprint density at radius 2 is 1.74 bits per heavy atom. The van der Waals surface area contributed by atoms with Gasteiger partial charge in [-0.2, -0.15) is 4.99 Å². The maximum absolute atomic E-state index is 12.9. The fraction of sp³-hybridized carbons (Fsp3) is 0.0870. The minimum atomic E-state index is -0.466. The van der Waals surface area contributed by atoms with Crippen LogP contribution in [0.5, 0.6) is 11.5 Å². The van der Waals surface area contributed by atoms with Crippen molar-refractivity contribution in [3.05, 3.63) is 88.2 Å². The van der Waals surface area contributed by atoms with Gasteiger partial charge >= 0.3 is 5.97 Å². The number of nitrogens with zero attached hydrogens (tertiary/aromatic N) is 2. The molecule has 1 amide bonds.